The van der Waals surface area contributed by atoms with Gasteiger partial charge in [-0.1, -0.05) is 0 Å². The molecule has 3 aromatic carbocycles. The summed E-state index contributed by atoms with van der Waals surface area (Å²) in [6.07, 6.45) is 0. The van der Waals surface area contributed by atoms with Crippen molar-refractivity contribution < 1.29 is 14.3 Å². The molecule has 0 bridgehead atoms. The summed E-state index contributed by atoms with van der Waals surface area (Å²) in [5.41, 5.74) is 7.66. The van der Waals surface area contributed by atoms with Gasteiger partial charge in [0, 0.05) is 0 Å². The van der Waals surface area contributed by atoms with Gasteiger partial charge in [-0.3, -0.25) is 0 Å². The van der Waals surface area contributed by atoms with Crippen molar-refractivity contribution in [3.63, 3.8) is 0 Å². The van der Waals surface area contributed by atoms with Gasteiger partial charge >= 0.3 is 239 Å². The van der Waals surface area contributed by atoms with E-state index in [0.29, 0.717) is 5.75 Å². The molecule has 3 aromatic rings. The Hall–Kier alpha value is -2.19. The van der Waals surface area contributed by atoms with Gasteiger partial charge in [-0.2, -0.15) is 0 Å². The van der Waals surface area contributed by atoms with Crippen LogP contribution < -0.4 is 4.52 Å². The van der Waals surface area contributed by atoms with Crippen LogP contribution in [-0.4, -0.2) is 9.79 Å². The molecular weight excluding hydrogens is 499 g/mol. The van der Waals surface area contributed by atoms with Crippen LogP contribution in [0.25, 0.3) is 0 Å². The van der Waals surface area contributed by atoms with Crippen molar-refractivity contribution in [2.75, 3.05) is 0 Å². The predicted octanol–water partition coefficient (Wildman–Crippen LogP) is 9.33. The van der Waals surface area contributed by atoms with E-state index in [2.05, 4.69) is 126 Å². The second-order valence-electron chi connectivity index (χ2n) is 14.7. The minimum absolute atomic E-state index is 0.222. The Bertz CT molecular complexity index is 1280. The van der Waals surface area contributed by atoms with Crippen LogP contribution >= 0.6 is 7.94 Å². The van der Waals surface area contributed by atoms with E-state index < -0.39 is 13.1 Å². The molecule has 0 unspecified atom stereocenters. The van der Waals surface area contributed by atoms with E-state index >= 15 is 0 Å². The van der Waals surface area contributed by atoms with Gasteiger partial charge in [0.2, 0.25) is 0 Å². The van der Waals surface area contributed by atoms with Crippen LogP contribution in [0, 0.1) is 20.8 Å². The third kappa shape index (κ3) is 6.27. The van der Waals surface area contributed by atoms with Crippen molar-refractivity contribution in [3.05, 3.63) is 99.1 Å². The third-order valence-electron chi connectivity index (χ3n) is 7.89. The van der Waals surface area contributed by atoms with Gasteiger partial charge in [-0.15, -0.1) is 0 Å². The monoisotopic (exact) mass is 550 g/mol. The van der Waals surface area contributed by atoms with Crippen LogP contribution in [0.1, 0.15) is 114 Å². The summed E-state index contributed by atoms with van der Waals surface area (Å²) < 4.78 is 6.53. The Morgan fingerprint density at radius 2 is 0.821 bits per heavy atom. The average Bonchev–Trinajstić information content (AvgIpc) is 2.77. The molecule has 0 fully saturated rings. The molecule has 0 aliphatic heterocycles. The summed E-state index contributed by atoms with van der Waals surface area (Å²) in [6.45, 7) is 27.7. The zero-order valence-electron chi connectivity index (χ0n) is 26.5. The molecule has 0 radical (unpaired) electrons. The fraction of sp³-hybridized carbons (Fsp3) is 0.486. The Labute approximate surface area is 238 Å². The summed E-state index contributed by atoms with van der Waals surface area (Å²) in [6, 6.07) is 18.7. The Balaban J connectivity index is 2.45. The molecule has 3 rings (SSSR count). The molecule has 0 saturated heterocycles. The second-order valence-corrected chi connectivity index (χ2v) is 17.1. The van der Waals surface area contributed by atoms with Crippen molar-refractivity contribution in [2.24, 2.45) is 0 Å². The van der Waals surface area contributed by atoms with Gasteiger partial charge in [-0.05, 0) is 0 Å². The summed E-state index contributed by atoms with van der Waals surface area (Å²) in [5.74, 6) is 0.532. The van der Waals surface area contributed by atoms with Crippen molar-refractivity contribution >= 4 is 7.94 Å². The van der Waals surface area contributed by atoms with Gasteiger partial charge in [0.15, 0.2) is 0 Å². The van der Waals surface area contributed by atoms with Gasteiger partial charge in [0.05, 0.1) is 0 Å². The first-order valence-corrected chi connectivity index (χ1v) is 15.9. The van der Waals surface area contributed by atoms with E-state index in [1.807, 2.05) is 19.1 Å². The fourth-order valence-electron chi connectivity index (χ4n) is 5.50. The molecule has 0 spiro atoms. The first kappa shape index (κ1) is 31.3. The average molecular weight is 551 g/mol. The van der Waals surface area contributed by atoms with Crippen LogP contribution in [0.5, 0.6) is 5.75 Å². The van der Waals surface area contributed by atoms with Crippen LogP contribution in [0.3, 0.4) is 0 Å². The summed E-state index contributed by atoms with van der Waals surface area (Å²) in [4.78, 5) is 24.9. The zero-order valence-corrected chi connectivity index (χ0v) is 27.5. The summed E-state index contributed by atoms with van der Waals surface area (Å²) in [7, 11) is -4.56. The van der Waals surface area contributed by atoms with E-state index in [1.54, 1.807) is 0 Å². The van der Waals surface area contributed by atoms with Crippen LogP contribution in [-0.2, 0) is 21.4 Å². The molecule has 0 saturated carbocycles. The number of hydrogen-bond donors (Lipinski definition) is 2. The van der Waals surface area contributed by atoms with Crippen molar-refractivity contribution in [2.45, 2.75) is 111 Å². The van der Waals surface area contributed by atoms with Gasteiger partial charge in [-0.25, -0.2) is 0 Å². The first-order chi connectivity index (χ1) is 17.6. The quantitative estimate of drug-likeness (QED) is 0.311. The first-order valence-electron chi connectivity index (χ1n) is 14.1. The van der Waals surface area contributed by atoms with Crippen molar-refractivity contribution in [1.29, 1.82) is 0 Å². The van der Waals surface area contributed by atoms with E-state index in [9.17, 15) is 9.79 Å². The van der Waals surface area contributed by atoms with E-state index in [4.69, 9.17) is 4.52 Å². The summed E-state index contributed by atoms with van der Waals surface area (Å²) >= 11 is 0. The standard InChI is InChI=1S/C35H51O3P/c1-23-14-17-26(28(20-23)32(4,5)6)35(13,27-18-15-24(2)21-29(27)33(7,8)9)39(36,37)38-31-19-16-25(3)22-30(31)34(10,11)12/h14-22,36-37,39H,1-13H3. The van der Waals surface area contributed by atoms with Gasteiger partial charge < -0.3 is 0 Å². The molecular formula is C35H51O3P. The van der Waals surface area contributed by atoms with E-state index in [0.717, 1.165) is 44.5 Å². The molecule has 214 valence electrons. The van der Waals surface area contributed by atoms with Crippen molar-refractivity contribution in [1.82, 2.24) is 0 Å². The van der Waals surface area contributed by atoms with Gasteiger partial charge in [0.1, 0.15) is 0 Å². The Morgan fingerprint density at radius 1 is 0.487 bits per heavy atom. The minimum atomic E-state index is -4.56. The molecule has 39 heavy (non-hydrogen) atoms. The van der Waals surface area contributed by atoms with E-state index in [1.165, 1.54) is 0 Å². The molecule has 0 aliphatic carbocycles. The van der Waals surface area contributed by atoms with Crippen LogP contribution in [0.15, 0.2) is 54.6 Å². The third-order valence-corrected chi connectivity index (χ3v) is 10.2. The van der Waals surface area contributed by atoms with E-state index in [-0.39, 0.29) is 16.2 Å². The maximum atomic E-state index is 12.4. The normalized spacial score (nSPS) is 13.9. The maximum absolute atomic E-state index is 12.4. The molecule has 3 nitrogen and oxygen atoms in total. The number of hydrogen-bond acceptors (Lipinski definition) is 3. The number of rotatable bonds is 5. The SMILES string of the molecule is Cc1ccc(O[PH](O)(O)C(C)(c2ccc(C)cc2C(C)(C)C)c2ccc(C)cc2C(C)(C)C)c(C(C)(C)C)c1. The molecule has 0 atom stereocenters. The molecule has 0 aromatic heterocycles. The topological polar surface area (TPSA) is 49.7 Å². The van der Waals surface area contributed by atoms with Crippen LogP contribution in [0.4, 0.5) is 0 Å². The Kier molecular flexibility index (Phi) is 8.30. The number of benzene rings is 3. The zero-order chi connectivity index (χ0) is 29.8. The molecule has 0 heterocycles. The van der Waals surface area contributed by atoms with Crippen LogP contribution in [0.2, 0.25) is 0 Å². The molecule has 4 heteroatoms. The number of aryl methyl sites for hydroxylation is 3. The predicted molar refractivity (Wildman–Crippen MR) is 169 cm³/mol. The second kappa shape index (κ2) is 10.3. The molecule has 2 N–H and O–H groups in total. The molecule has 0 aliphatic rings. The van der Waals surface area contributed by atoms with Crippen molar-refractivity contribution in [3.8, 4) is 5.75 Å². The van der Waals surface area contributed by atoms with Gasteiger partial charge in [0.25, 0.3) is 0 Å². The summed E-state index contributed by atoms with van der Waals surface area (Å²) in [5, 5.41) is -1.19. The molecule has 0 amide bonds. The fourth-order valence-corrected chi connectivity index (χ4v) is 7.33. The Morgan fingerprint density at radius 3 is 1.18 bits per heavy atom.